The van der Waals surface area contributed by atoms with Crippen molar-refractivity contribution in [2.45, 2.75) is 72.3 Å². The average molecular weight is 759 g/mol. The molecular weight excluding hydrogens is 705 g/mol. The number of amides is 2. The zero-order valence-electron chi connectivity index (χ0n) is 33.1. The number of benzene rings is 3. The van der Waals surface area contributed by atoms with Crippen molar-refractivity contribution in [2.75, 3.05) is 51.8 Å². The molecule has 2 fully saturated rings. The molecule has 5 aromatic rings. The first-order valence-corrected chi connectivity index (χ1v) is 19.9. The summed E-state index contributed by atoms with van der Waals surface area (Å²) in [4.78, 5) is 36.7. The average Bonchev–Trinajstić information content (AvgIpc) is 3.64. The van der Waals surface area contributed by atoms with E-state index in [1.54, 1.807) is 19.2 Å². The third-order valence-corrected chi connectivity index (χ3v) is 10.9. The smallest absolute Gasteiger partial charge is 0.254 e. The molecule has 2 amide bonds. The van der Waals surface area contributed by atoms with E-state index < -0.39 is 5.91 Å². The van der Waals surface area contributed by atoms with Gasteiger partial charge in [-0.25, -0.2) is 9.67 Å². The number of hydrogen-bond acceptors (Lipinski definition) is 9. The molecule has 56 heavy (non-hydrogen) atoms. The Morgan fingerprint density at radius 1 is 1.00 bits per heavy atom. The lowest BCUT2D eigenvalue weighted by Crippen LogP contribution is -2.42. The summed E-state index contributed by atoms with van der Waals surface area (Å²) in [6, 6.07) is 20.1. The van der Waals surface area contributed by atoms with Crippen LogP contribution >= 0.6 is 0 Å². The fourth-order valence-electron chi connectivity index (χ4n) is 7.97. The van der Waals surface area contributed by atoms with Gasteiger partial charge in [-0.15, -0.1) is 0 Å². The second kappa shape index (κ2) is 17.7. The number of pyridine rings is 1. The van der Waals surface area contributed by atoms with Crippen molar-refractivity contribution in [1.29, 1.82) is 0 Å². The highest BCUT2D eigenvalue weighted by molar-refractivity contribution is 6.00. The van der Waals surface area contributed by atoms with Crippen molar-refractivity contribution >= 4 is 28.5 Å². The van der Waals surface area contributed by atoms with Crippen molar-refractivity contribution in [3.8, 4) is 16.9 Å². The van der Waals surface area contributed by atoms with Crippen LogP contribution in [0.15, 0.2) is 66.9 Å². The van der Waals surface area contributed by atoms with Gasteiger partial charge in [0.15, 0.2) is 5.65 Å². The number of aromatic nitrogens is 3. The third-order valence-electron chi connectivity index (χ3n) is 10.9. The number of carbonyl (C=O) groups is 2. The Morgan fingerprint density at radius 2 is 1.79 bits per heavy atom. The molecule has 12 nitrogen and oxygen atoms in total. The molecule has 294 valence electrons. The van der Waals surface area contributed by atoms with E-state index in [2.05, 4.69) is 59.7 Å². The quantitative estimate of drug-likeness (QED) is 0.126. The summed E-state index contributed by atoms with van der Waals surface area (Å²) in [5, 5.41) is 12.9. The van der Waals surface area contributed by atoms with Crippen LogP contribution in [0.2, 0.25) is 0 Å². The predicted octanol–water partition coefficient (Wildman–Crippen LogP) is 5.94. The lowest BCUT2D eigenvalue weighted by molar-refractivity contribution is 0.0729. The summed E-state index contributed by atoms with van der Waals surface area (Å²) >= 11 is 0. The number of fused-ring (bicyclic) bond motifs is 1. The Kier molecular flexibility index (Phi) is 12.3. The van der Waals surface area contributed by atoms with Crippen LogP contribution in [0.1, 0.15) is 75.4 Å². The topological polar surface area (TPSA) is 140 Å². The number of primary amides is 1. The Bertz CT molecular complexity index is 2190. The fraction of sp³-hybridized carbons (Fsp3) is 0.409. The van der Waals surface area contributed by atoms with Gasteiger partial charge in [-0.05, 0) is 91.8 Å². The SMILES string of the molecule is CCc1nc2c(cnn2CC)c(NC2CCOCC2)c1CN(Cc1ccc(OC)c(-c2cccc(CN3CCNCC3)c2)c1)C(=O)c1cc(C)cc(C(N)=O)c1. The molecule has 0 aliphatic carbocycles. The Labute approximate surface area is 329 Å². The summed E-state index contributed by atoms with van der Waals surface area (Å²) in [6.45, 7) is 13.6. The first-order chi connectivity index (χ1) is 27.2. The Morgan fingerprint density at radius 3 is 2.52 bits per heavy atom. The van der Waals surface area contributed by atoms with Crippen LogP contribution in [0.3, 0.4) is 0 Å². The summed E-state index contributed by atoms with van der Waals surface area (Å²) < 4.78 is 13.5. The predicted molar refractivity (Wildman–Crippen MR) is 220 cm³/mol. The number of methoxy groups -OCH3 is 1. The van der Waals surface area contributed by atoms with Gasteiger partial charge in [0.25, 0.3) is 5.91 Å². The number of nitrogens with one attached hydrogen (secondary N) is 2. The van der Waals surface area contributed by atoms with Crippen LogP contribution in [-0.4, -0.2) is 88.9 Å². The maximum atomic E-state index is 14.9. The Balaban J connectivity index is 1.30. The van der Waals surface area contributed by atoms with Crippen LogP contribution in [-0.2, 0) is 37.3 Å². The molecule has 7 rings (SSSR count). The molecule has 2 aliphatic rings. The van der Waals surface area contributed by atoms with Crippen molar-refractivity contribution in [2.24, 2.45) is 5.73 Å². The molecule has 4 N–H and O–H groups in total. The van der Waals surface area contributed by atoms with Gasteiger partial charge < -0.3 is 30.7 Å². The van der Waals surface area contributed by atoms with Gasteiger partial charge in [0.05, 0.1) is 30.9 Å². The van der Waals surface area contributed by atoms with Crippen LogP contribution in [0, 0.1) is 6.92 Å². The van der Waals surface area contributed by atoms with E-state index in [0.717, 1.165) is 102 Å². The molecule has 2 aromatic heterocycles. The number of anilines is 1. The number of nitrogens with two attached hydrogens (primary N) is 1. The lowest BCUT2D eigenvalue weighted by Gasteiger charge is -2.29. The zero-order valence-corrected chi connectivity index (χ0v) is 33.1. The third kappa shape index (κ3) is 8.72. The molecule has 0 bridgehead atoms. The van der Waals surface area contributed by atoms with Gasteiger partial charge in [0, 0.05) is 93.0 Å². The first-order valence-electron chi connectivity index (χ1n) is 19.9. The van der Waals surface area contributed by atoms with E-state index in [-0.39, 0.29) is 18.5 Å². The number of aryl methyl sites for hydroxylation is 3. The summed E-state index contributed by atoms with van der Waals surface area (Å²) in [6.07, 6.45) is 4.30. The van der Waals surface area contributed by atoms with Crippen molar-refractivity contribution < 1.29 is 19.1 Å². The minimum absolute atomic E-state index is 0.202. The maximum absolute atomic E-state index is 14.9. The largest absolute Gasteiger partial charge is 0.496 e. The number of carbonyl (C=O) groups excluding carboxylic acids is 2. The van der Waals surface area contributed by atoms with Crippen molar-refractivity contribution in [1.82, 2.24) is 29.9 Å². The molecule has 0 atom stereocenters. The van der Waals surface area contributed by atoms with E-state index in [1.165, 1.54) is 5.56 Å². The van der Waals surface area contributed by atoms with Crippen LogP contribution < -0.4 is 21.1 Å². The van der Waals surface area contributed by atoms with E-state index in [9.17, 15) is 9.59 Å². The summed E-state index contributed by atoms with van der Waals surface area (Å²) in [5.41, 5.74) is 15.0. The van der Waals surface area contributed by atoms with Gasteiger partial charge in [-0.1, -0.05) is 31.2 Å². The molecular formula is C44H54N8O4. The molecule has 2 saturated heterocycles. The minimum atomic E-state index is -0.577. The number of ether oxygens (including phenoxy) is 2. The van der Waals surface area contributed by atoms with Crippen LogP contribution in [0.5, 0.6) is 5.75 Å². The number of rotatable bonds is 14. The van der Waals surface area contributed by atoms with Gasteiger partial charge >= 0.3 is 0 Å². The molecule has 0 spiro atoms. The molecule has 12 heteroatoms. The van der Waals surface area contributed by atoms with Crippen LogP contribution in [0.25, 0.3) is 22.2 Å². The van der Waals surface area contributed by atoms with E-state index in [4.69, 9.17) is 25.3 Å². The second-order valence-corrected chi connectivity index (χ2v) is 14.9. The molecule has 2 aliphatic heterocycles. The highest BCUT2D eigenvalue weighted by Gasteiger charge is 2.26. The number of piperazine rings is 1. The monoisotopic (exact) mass is 758 g/mol. The molecule has 0 radical (unpaired) electrons. The van der Waals surface area contributed by atoms with E-state index >= 15 is 0 Å². The maximum Gasteiger partial charge on any atom is 0.254 e. The van der Waals surface area contributed by atoms with Crippen LogP contribution in [0.4, 0.5) is 5.69 Å². The fourth-order valence-corrected chi connectivity index (χ4v) is 7.97. The van der Waals surface area contributed by atoms with Gasteiger partial charge in [0.1, 0.15) is 5.75 Å². The normalized spacial score (nSPS) is 15.2. The zero-order chi connectivity index (χ0) is 39.2. The number of hydrogen-bond donors (Lipinski definition) is 3. The Hall–Kier alpha value is -5.30. The molecule has 0 unspecified atom stereocenters. The second-order valence-electron chi connectivity index (χ2n) is 14.9. The van der Waals surface area contributed by atoms with Gasteiger partial charge in [-0.2, -0.15) is 5.10 Å². The first kappa shape index (κ1) is 39.0. The van der Waals surface area contributed by atoms with E-state index in [0.29, 0.717) is 43.9 Å². The summed E-state index contributed by atoms with van der Waals surface area (Å²) in [5.74, 6) is -0.0309. The lowest BCUT2D eigenvalue weighted by atomic mass is 9.98. The van der Waals surface area contributed by atoms with Gasteiger partial charge in [-0.3, -0.25) is 14.5 Å². The molecule has 0 saturated carbocycles. The highest BCUT2D eigenvalue weighted by Crippen LogP contribution is 2.35. The number of nitrogens with zero attached hydrogens (tertiary/aromatic N) is 5. The van der Waals surface area contributed by atoms with Crippen molar-refractivity contribution in [3.05, 3.63) is 106 Å². The van der Waals surface area contributed by atoms with E-state index in [1.807, 2.05) is 40.9 Å². The minimum Gasteiger partial charge on any atom is -0.496 e. The summed E-state index contributed by atoms with van der Waals surface area (Å²) in [7, 11) is 1.69. The van der Waals surface area contributed by atoms with Gasteiger partial charge in [0.2, 0.25) is 5.91 Å². The molecule has 3 aromatic carbocycles. The highest BCUT2D eigenvalue weighted by atomic mass is 16.5. The van der Waals surface area contributed by atoms with Crippen molar-refractivity contribution in [3.63, 3.8) is 0 Å². The molecule has 4 heterocycles. The standard InChI is InChI=1S/C44H54N8O4/c1-5-39-38(41(48-35-12-18-56-19-13-35)37-25-47-52(6-2)43(37)49-39)28-51(44(54)34-21-29(3)20-33(24-34)42(45)53)27-31-10-11-40(55-4)36(23-31)32-9-7-8-30(22-32)26-50-16-14-46-15-17-50/h7-11,20-25,35,46H,5-6,12-19,26-28H2,1-4H3,(H2,45,53)(H,48,49).